The molecule has 4 rings (SSSR count). The van der Waals surface area contributed by atoms with Gasteiger partial charge in [0, 0.05) is 37.1 Å². The number of aryl methyl sites for hydroxylation is 1. The van der Waals surface area contributed by atoms with Gasteiger partial charge in [-0.1, -0.05) is 11.6 Å². The van der Waals surface area contributed by atoms with Gasteiger partial charge in [-0.05, 0) is 49.7 Å². The Labute approximate surface area is 220 Å². The average Bonchev–Trinajstić information content (AvgIpc) is 2.90. The summed E-state index contributed by atoms with van der Waals surface area (Å²) >= 11 is 6.20. The fourth-order valence-corrected chi connectivity index (χ4v) is 4.12. The second kappa shape index (κ2) is 12.1. The Morgan fingerprint density at radius 3 is 2.73 bits per heavy atom. The van der Waals surface area contributed by atoms with E-state index in [1.54, 1.807) is 6.92 Å². The molecule has 11 heteroatoms. The minimum atomic E-state index is -0.520. The molecule has 0 radical (unpaired) electrons. The summed E-state index contributed by atoms with van der Waals surface area (Å²) in [6.07, 6.45) is 1.37. The first kappa shape index (κ1) is 26.5. The van der Waals surface area contributed by atoms with Gasteiger partial charge in [0.15, 0.2) is 0 Å². The summed E-state index contributed by atoms with van der Waals surface area (Å²) in [7, 11) is 1.42. The van der Waals surface area contributed by atoms with Crippen molar-refractivity contribution in [3.63, 3.8) is 0 Å². The normalized spacial score (nSPS) is 13.7. The number of halogens is 1. The van der Waals surface area contributed by atoms with Gasteiger partial charge in [-0.15, -0.1) is 0 Å². The summed E-state index contributed by atoms with van der Waals surface area (Å²) in [6.45, 7) is 8.47. The number of carbonyl (C=O) groups is 1. The fourth-order valence-electron chi connectivity index (χ4n) is 3.87. The predicted molar refractivity (Wildman–Crippen MR) is 142 cm³/mol. The summed E-state index contributed by atoms with van der Waals surface area (Å²) in [5.41, 5.74) is 2.60. The number of rotatable bonds is 9. The number of anilines is 3. The number of ether oxygens (including phenoxy) is 3. The van der Waals surface area contributed by atoms with Gasteiger partial charge in [0.2, 0.25) is 11.8 Å². The number of hydrogen-bond acceptors (Lipinski definition) is 9. The maximum Gasteiger partial charge on any atom is 0.262 e. The van der Waals surface area contributed by atoms with Crippen molar-refractivity contribution in [2.24, 2.45) is 0 Å². The van der Waals surface area contributed by atoms with E-state index in [9.17, 15) is 9.90 Å². The van der Waals surface area contributed by atoms with Gasteiger partial charge < -0.3 is 30.0 Å². The van der Waals surface area contributed by atoms with Crippen LogP contribution in [0.4, 0.5) is 17.3 Å². The van der Waals surface area contributed by atoms with Gasteiger partial charge in [0.1, 0.15) is 23.7 Å². The number of amides is 1. The quantitative estimate of drug-likeness (QED) is 0.377. The van der Waals surface area contributed by atoms with Crippen molar-refractivity contribution in [3.8, 4) is 17.4 Å². The van der Waals surface area contributed by atoms with E-state index in [2.05, 4.69) is 25.5 Å². The Kier molecular flexibility index (Phi) is 8.65. The molecule has 1 aliphatic rings. The van der Waals surface area contributed by atoms with Gasteiger partial charge >= 0.3 is 0 Å². The van der Waals surface area contributed by atoms with E-state index >= 15 is 0 Å². The molecule has 1 aromatic heterocycles. The van der Waals surface area contributed by atoms with Crippen LogP contribution in [-0.4, -0.2) is 72.4 Å². The van der Waals surface area contributed by atoms with E-state index in [0.29, 0.717) is 22.9 Å². The molecular weight excluding hydrogens is 498 g/mol. The maximum absolute atomic E-state index is 12.9. The fraction of sp³-hybridized carbons (Fsp3) is 0.346. The number of benzene rings is 2. The lowest BCUT2D eigenvalue weighted by molar-refractivity contribution is 0.0322. The lowest BCUT2D eigenvalue weighted by Gasteiger charge is -2.26. The second-order valence-corrected chi connectivity index (χ2v) is 8.95. The topological polar surface area (TPSA) is 118 Å². The van der Waals surface area contributed by atoms with Crippen LogP contribution in [0.3, 0.4) is 0 Å². The number of nitrogens with zero attached hydrogens (tertiary/aromatic N) is 3. The van der Waals surface area contributed by atoms with E-state index < -0.39 is 5.91 Å². The van der Waals surface area contributed by atoms with Crippen molar-refractivity contribution in [3.05, 3.63) is 58.2 Å². The van der Waals surface area contributed by atoms with Crippen molar-refractivity contribution in [1.82, 2.24) is 14.9 Å². The molecule has 0 aliphatic carbocycles. The van der Waals surface area contributed by atoms with Crippen LogP contribution in [0.15, 0.2) is 36.5 Å². The lowest BCUT2D eigenvalue weighted by atomic mass is 10.1. The first-order valence-electron chi connectivity index (χ1n) is 11.9. The molecule has 1 fully saturated rings. The third kappa shape index (κ3) is 6.59. The van der Waals surface area contributed by atoms with Crippen LogP contribution < -0.4 is 20.1 Å². The molecule has 2 heterocycles. The number of nitrogens with one attached hydrogen (secondary N) is 2. The number of phenolic OH excluding ortho intramolecular Hbond substituents is 1. The zero-order valence-corrected chi connectivity index (χ0v) is 21.8. The molecular formula is C26H30ClN5O5. The van der Waals surface area contributed by atoms with Gasteiger partial charge in [0.25, 0.3) is 5.91 Å². The number of phenols is 1. The number of methoxy groups -OCH3 is 1. The molecule has 0 bridgehead atoms. The Morgan fingerprint density at radius 2 is 2.00 bits per heavy atom. The zero-order valence-electron chi connectivity index (χ0n) is 21.0. The highest BCUT2D eigenvalue weighted by Crippen LogP contribution is 2.33. The van der Waals surface area contributed by atoms with Crippen LogP contribution in [0.2, 0.25) is 5.02 Å². The van der Waals surface area contributed by atoms with Gasteiger partial charge in [-0.25, -0.2) is 4.98 Å². The van der Waals surface area contributed by atoms with Gasteiger partial charge in [-0.2, -0.15) is 4.98 Å². The van der Waals surface area contributed by atoms with Crippen LogP contribution in [0.25, 0.3) is 0 Å². The summed E-state index contributed by atoms with van der Waals surface area (Å²) in [5, 5.41) is 16.1. The van der Waals surface area contributed by atoms with E-state index in [1.807, 2.05) is 25.1 Å². The number of hydrogen-bond donors (Lipinski definition) is 3. The Hall–Kier alpha value is -3.60. The molecule has 0 atom stereocenters. The maximum atomic E-state index is 12.9. The van der Waals surface area contributed by atoms with Crippen LogP contribution in [0.5, 0.6) is 17.4 Å². The summed E-state index contributed by atoms with van der Waals surface area (Å²) in [5.74, 6) is 0.661. The minimum Gasteiger partial charge on any atom is -0.508 e. The van der Waals surface area contributed by atoms with Crippen LogP contribution in [0, 0.1) is 13.8 Å². The SMILES string of the molecule is COc1nc(Nc2ccc(OCCN3CCOCC3)c(C)c2)ncc1C(=O)Nc1c(Cl)ccc(O)c1C. The lowest BCUT2D eigenvalue weighted by Crippen LogP contribution is -2.38. The third-order valence-electron chi connectivity index (χ3n) is 6.02. The van der Waals surface area contributed by atoms with Gasteiger partial charge in [-0.3, -0.25) is 9.69 Å². The largest absolute Gasteiger partial charge is 0.508 e. The molecule has 1 amide bonds. The van der Waals surface area contributed by atoms with E-state index in [0.717, 1.165) is 49.8 Å². The molecule has 2 aromatic carbocycles. The molecule has 1 saturated heterocycles. The van der Waals surface area contributed by atoms with Crippen molar-refractivity contribution >= 4 is 34.8 Å². The number of carbonyl (C=O) groups excluding carboxylic acids is 1. The van der Waals surface area contributed by atoms with Crippen molar-refractivity contribution < 1.29 is 24.1 Å². The van der Waals surface area contributed by atoms with Crippen LogP contribution in [0.1, 0.15) is 21.5 Å². The van der Waals surface area contributed by atoms with E-state index in [-0.39, 0.29) is 23.1 Å². The second-order valence-electron chi connectivity index (χ2n) is 8.54. The highest BCUT2D eigenvalue weighted by atomic mass is 35.5. The third-order valence-corrected chi connectivity index (χ3v) is 6.33. The first-order valence-corrected chi connectivity index (χ1v) is 12.2. The van der Waals surface area contributed by atoms with Crippen molar-refractivity contribution in [2.45, 2.75) is 13.8 Å². The predicted octanol–water partition coefficient (Wildman–Crippen LogP) is 4.17. The number of morpholine rings is 1. The van der Waals surface area contributed by atoms with Crippen molar-refractivity contribution in [1.29, 1.82) is 0 Å². The molecule has 196 valence electrons. The molecule has 1 aliphatic heterocycles. The monoisotopic (exact) mass is 527 g/mol. The number of aromatic hydroxyl groups is 1. The molecule has 3 aromatic rings. The smallest absolute Gasteiger partial charge is 0.262 e. The van der Waals surface area contributed by atoms with Crippen molar-refractivity contribution in [2.75, 3.05) is 57.2 Å². The van der Waals surface area contributed by atoms with Crippen LogP contribution >= 0.6 is 11.6 Å². The summed E-state index contributed by atoms with van der Waals surface area (Å²) in [6, 6.07) is 8.68. The van der Waals surface area contributed by atoms with Gasteiger partial charge in [0.05, 0.1) is 31.0 Å². The molecule has 3 N–H and O–H groups in total. The molecule has 0 saturated carbocycles. The molecule has 0 unspecified atom stereocenters. The number of aromatic nitrogens is 2. The van der Waals surface area contributed by atoms with E-state index in [4.69, 9.17) is 25.8 Å². The molecule has 10 nitrogen and oxygen atoms in total. The van der Waals surface area contributed by atoms with Crippen LogP contribution in [-0.2, 0) is 4.74 Å². The average molecular weight is 528 g/mol. The molecule has 0 spiro atoms. The standard InChI is InChI=1S/C26H30ClN5O5/c1-16-14-18(4-7-22(16)37-13-10-32-8-11-36-12-9-32)29-26-28-15-19(25(31-26)35-3)24(34)30-23-17(2)21(33)6-5-20(23)27/h4-7,14-15,33H,8-13H2,1-3H3,(H,30,34)(H,28,29,31). The highest BCUT2D eigenvalue weighted by Gasteiger charge is 2.19. The molecule has 37 heavy (non-hydrogen) atoms. The van der Waals surface area contributed by atoms with E-state index in [1.165, 1.54) is 25.4 Å². The Balaban J connectivity index is 1.40. The Morgan fingerprint density at radius 1 is 1.22 bits per heavy atom. The summed E-state index contributed by atoms with van der Waals surface area (Å²) < 4.78 is 16.7. The minimum absolute atomic E-state index is 0.0197. The Bertz CT molecular complexity index is 1270. The first-order chi connectivity index (χ1) is 17.9. The highest BCUT2D eigenvalue weighted by molar-refractivity contribution is 6.34. The zero-order chi connectivity index (χ0) is 26.4. The summed E-state index contributed by atoms with van der Waals surface area (Å²) in [4.78, 5) is 23.8.